The van der Waals surface area contributed by atoms with Crippen molar-refractivity contribution in [3.8, 4) is 23.0 Å². The minimum atomic E-state index is -4.74. The number of hydrogen-bond donors (Lipinski definition) is 1. The molecule has 0 unspecified atom stereocenters. The minimum Gasteiger partial charge on any atom is -0.497 e. The van der Waals surface area contributed by atoms with Gasteiger partial charge in [-0.25, -0.2) is 19.5 Å². The number of aliphatic hydroxyl groups is 1. The first-order chi connectivity index (χ1) is 19.7. The van der Waals surface area contributed by atoms with Gasteiger partial charge in [0.25, 0.3) is 5.91 Å². The molecule has 1 atom stereocenters. The summed E-state index contributed by atoms with van der Waals surface area (Å²) in [6.45, 7) is 2.55. The number of aromatic nitrogens is 5. The Labute approximate surface area is 233 Å². The van der Waals surface area contributed by atoms with Gasteiger partial charge in [0.1, 0.15) is 11.3 Å². The number of fused-ring (bicyclic) bond motifs is 1. The molecule has 1 aliphatic heterocycles. The Balaban J connectivity index is 1.43. The van der Waals surface area contributed by atoms with Crippen molar-refractivity contribution < 1.29 is 32.5 Å². The van der Waals surface area contributed by atoms with E-state index in [2.05, 4.69) is 20.1 Å². The molecular weight excluding hydrogens is 543 g/mol. The lowest BCUT2D eigenvalue weighted by Gasteiger charge is -2.38. The summed E-state index contributed by atoms with van der Waals surface area (Å²) in [6, 6.07) is 6.32. The fourth-order valence-electron chi connectivity index (χ4n) is 5.03. The van der Waals surface area contributed by atoms with Crippen LogP contribution in [0.5, 0.6) is 11.8 Å². The second-order valence-corrected chi connectivity index (χ2v) is 9.48. The van der Waals surface area contributed by atoms with Gasteiger partial charge in [0, 0.05) is 55.3 Å². The summed E-state index contributed by atoms with van der Waals surface area (Å²) >= 11 is 0. The Morgan fingerprint density at radius 3 is 2.24 bits per heavy atom. The number of carbonyl (C=O) groups is 1. The van der Waals surface area contributed by atoms with E-state index in [9.17, 15) is 23.1 Å². The topological polar surface area (TPSA) is 118 Å². The minimum absolute atomic E-state index is 0.0269. The van der Waals surface area contributed by atoms with E-state index >= 15 is 0 Å². The van der Waals surface area contributed by atoms with Crippen LogP contribution >= 0.6 is 0 Å². The zero-order chi connectivity index (χ0) is 29.3. The van der Waals surface area contributed by atoms with Crippen LogP contribution in [0.1, 0.15) is 33.2 Å². The van der Waals surface area contributed by atoms with Crippen LogP contribution < -0.4 is 9.47 Å². The Hall–Kier alpha value is -4.30. The summed E-state index contributed by atoms with van der Waals surface area (Å²) in [6.07, 6.45) is -0.450. The Kier molecular flexibility index (Phi) is 7.78. The van der Waals surface area contributed by atoms with Crippen molar-refractivity contribution in [2.75, 3.05) is 47.0 Å². The number of nitrogens with zero attached hydrogens (tertiary/aromatic N) is 7. The van der Waals surface area contributed by atoms with Crippen LogP contribution in [0.25, 0.3) is 16.9 Å². The van der Waals surface area contributed by atoms with Gasteiger partial charge in [-0.05, 0) is 31.2 Å². The number of carbonyl (C=O) groups excluding carboxylic acids is 1. The molecule has 0 bridgehead atoms. The zero-order valence-corrected chi connectivity index (χ0v) is 22.6. The van der Waals surface area contributed by atoms with Gasteiger partial charge in [-0.1, -0.05) is 0 Å². The van der Waals surface area contributed by atoms with E-state index < -0.39 is 17.8 Å². The standard InChI is InChI=1S/C27H28F3N7O4/c1-16-22(17-4-6-19(40-2)7-5-17)34-24-20(14-33-37(24)23(16)27(28,29)30)25(39)36-10-8-35(9-11-36)21(15-38)18-12-31-26(41-3)32-13-18/h4-7,12-14,21,38H,8-11,15H2,1-3H3/t21-/m0/s1. The number of hydrogen-bond acceptors (Lipinski definition) is 9. The quantitative estimate of drug-likeness (QED) is 0.357. The lowest BCUT2D eigenvalue weighted by atomic mass is 10.0. The van der Waals surface area contributed by atoms with E-state index in [-0.39, 0.29) is 54.2 Å². The highest BCUT2D eigenvalue weighted by atomic mass is 19.4. The number of amides is 1. The maximum absolute atomic E-state index is 14.2. The van der Waals surface area contributed by atoms with E-state index in [0.29, 0.717) is 34.5 Å². The fourth-order valence-corrected chi connectivity index (χ4v) is 5.03. The lowest BCUT2D eigenvalue weighted by Crippen LogP contribution is -2.50. The molecule has 1 aliphatic rings. The predicted molar refractivity (Wildman–Crippen MR) is 141 cm³/mol. The van der Waals surface area contributed by atoms with Gasteiger partial charge in [-0.3, -0.25) is 9.69 Å². The molecule has 1 saturated heterocycles. The average molecular weight is 572 g/mol. The molecule has 0 aliphatic carbocycles. The maximum atomic E-state index is 14.2. The van der Waals surface area contributed by atoms with Crippen molar-refractivity contribution in [3.63, 3.8) is 0 Å². The number of piperazine rings is 1. The third-order valence-electron chi connectivity index (χ3n) is 7.18. The number of rotatable bonds is 7. The first-order valence-corrected chi connectivity index (χ1v) is 12.8. The number of aliphatic hydroxyl groups excluding tert-OH is 1. The zero-order valence-electron chi connectivity index (χ0n) is 22.6. The van der Waals surface area contributed by atoms with Crippen molar-refractivity contribution in [2.45, 2.75) is 19.1 Å². The van der Waals surface area contributed by atoms with Crippen LogP contribution in [0.15, 0.2) is 42.9 Å². The van der Waals surface area contributed by atoms with Crippen molar-refractivity contribution in [1.29, 1.82) is 0 Å². The molecule has 11 nitrogen and oxygen atoms in total. The molecule has 1 aromatic carbocycles. The molecule has 1 amide bonds. The molecule has 0 saturated carbocycles. The van der Waals surface area contributed by atoms with Crippen LogP contribution in [0.4, 0.5) is 13.2 Å². The van der Waals surface area contributed by atoms with E-state index in [0.717, 1.165) is 6.20 Å². The predicted octanol–water partition coefficient (Wildman–Crippen LogP) is 3.02. The maximum Gasteiger partial charge on any atom is 0.433 e. The Morgan fingerprint density at radius 2 is 1.68 bits per heavy atom. The lowest BCUT2D eigenvalue weighted by molar-refractivity contribution is -0.143. The smallest absolute Gasteiger partial charge is 0.433 e. The third kappa shape index (κ3) is 5.39. The second-order valence-electron chi connectivity index (χ2n) is 9.48. The number of methoxy groups -OCH3 is 2. The van der Waals surface area contributed by atoms with Gasteiger partial charge in [-0.15, -0.1) is 0 Å². The summed E-state index contributed by atoms with van der Waals surface area (Å²) < 4.78 is 53.6. The number of benzene rings is 1. The summed E-state index contributed by atoms with van der Waals surface area (Å²) in [5.41, 5.74) is -0.0682. The molecule has 0 spiro atoms. The van der Waals surface area contributed by atoms with E-state index in [1.165, 1.54) is 21.1 Å². The highest BCUT2D eigenvalue weighted by molar-refractivity contribution is 6.00. The molecule has 3 aromatic heterocycles. The Morgan fingerprint density at radius 1 is 1.02 bits per heavy atom. The van der Waals surface area contributed by atoms with Gasteiger partial charge in [-0.2, -0.15) is 18.3 Å². The van der Waals surface area contributed by atoms with Gasteiger partial charge >= 0.3 is 12.2 Å². The van der Waals surface area contributed by atoms with Crippen molar-refractivity contribution >= 4 is 11.6 Å². The van der Waals surface area contributed by atoms with Gasteiger partial charge in [0.05, 0.1) is 38.8 Å². The van der Waals surface area contributed by atoms with Gasteiger partial charge in [0.2, 0.25) is 0 Å². The second kappa shape index (κ2) is 11.3. The number of alkyl halides is 3. The van der Waals surface area contributed by atoms with Crippen molar-refractivity contribution in [2.24, 2.45) is 0 Å². The first-order valence-electron chi connectivity index (χ1n) is 12.8. The molecule has 1 N–H and O–H groups in total. The molecule has 4 heterocycles. The highest BCUT2D eigenvalue weighted by Gasteiger charge is 2.39. The van der Waals surface area contributed by atoms with E-state index in [4.69, 9.17) is 9.47 Å². The van der Waals surface area contributed by atoms with E-state index in [1.54, 1.807) is 41.6 Å². The molecule has 1 fully saturated rings. The van der Waals surface area contributed by atoms with Gasteiger partial charge < -0.3 is 19.5 Å². The Bertz CT molecular complexity index is 1530. The summed E-state index contributed by atoms with van der Waals surface area (Å²) in [4.78, 5) is 29.8. The fraction of sp³-hybridized carbons (Fsp3) is 0.370. The third-order valence-corrected chi connectivity index (χ3v) is 7.18. The van der Waals surface area contributed by atoms with Gasteiger partial charge in [0.15, 0.2) is 11.3 Å². The largest absolute Gasteiger partial charge is 0.497 e. The average Bonchev–Trinajstić information content (AvgIpc) is 3.40. The summed E-state index contributed by atoms with van der Waals surface area (Å²) in [5, 5.41) is 14.0. The molecule has 0 radical (unpaired) electrons. The molecule has 5 rings (SSSR count). The molecule has 41 heavy (non-hydrogen) atoms. The monoisotopic (exact) mass is 571 g/mol. The number of ether oxygens (including phenoxy) is 2. The molecule has 14 heteroatoms. The molecular formula is C27H28F3N7O4. The highest BCUT2D eigenvalue weighted by Crippen LogP contribution is 2.37. The van der Waals surface area contributed by atoms with E-state index in [1.807, 2.05) is 4.90 Å². The SMILES string of the molecule is COc1ccc(-c2nc3c(C(=O)N4CCN([C@@H](CO)c5cnc(OC)nc5)CC4)cnn3c(C(F)(F)F)c2C)cc1. The summed E-state index contributed by atoms with van der Waals surface area (Å²) in [7, 11) is 2.95. The van der Waals surface area contributed by atoms with Crippen LogP contribution in [0.2, 0.25) is 0 Å². The first kappa shape index (κ1) is 28.2. The summed E-state index contributed by atoms with van der Waals surface area (Å²) in [5.74, 6) is 0.0731. The normalized spacial score (nSPS) is 15.2. The van der Waals surface area contributed by atoms with Crippen LogP contribution in [-0.2, 0) is 6.18 Å². The van der Waals surface area contributed by atoms with Crippen molar-refractivity contribution in [3.05, 3.63) is 65.2 Å². The number of halogens is 3. The van der Waals surface area contributed by atoms with Crippen LogP contribution in [0.3, 0.4) is 0 Å². The molecule has 4 aromatic rings. The van der Waals surface area contributed by atoms with Crippen molar-refractivity contribution in [1.82, 2.24) is 34.4 Å². The van der Waals surface area contributed by atoms with Crippen LogP contribution in [-0.4, -0.2) is 92.4 Å². The molecule has 216 valence electrons. The van der Waals surface area contributed by atoms with Crippen LogP contribution in [0, 0.1) is 6.92 Å².